The molecule has 0 aliphatic rings. The molecule has 25 heavy (non-hydrogen) atoms. The van der Waals surface area contributed by atoms with Crippen LogP contribution in [0.25, 0.3) is 10.2 Å². The van der Waals surface area contributed by atoms with E-state index in [-0.39, 0.29) is 18.0 Å². The lowest BCUT2D eigenvalue weighted by atomic mass is 10.2. The van der Waals surface area contributed by atoms with E-state index in [1.54, 1.807) is 6.21 Å². The molecule has 0 saturated heterocycles. The minimum absolute atomic E-state index is 0.124. The second-order valence-corrected chi connectivity index (χ2v) is 7.05. The summed E-state index contributed by atoms with van der Waals surface area (Å²) in [5.74, 6) is -0.379. The van der Waals surface area contributed by atoms with Crippen molar-refractivity contribution in [1.29, 1.82) is 0 Å². The van der Waals surface area contributed by atoms with E-state index in [1.165, 1.54) is 22.2 Å². The van der Waals surface area contributed by atoms with Gasteiger partial charge in [0.05, 0.1) is 17.9 Å². The summed E-state index contributed by atoms with van der Waals surface area (Å²) in [5, 5.41) is 4.51. The number of hydrogen-bond donors (Lipinski definition) is 1. The number of rotatable bonds is 4. The molecule has 1 amide bonds. The van der Waals surface area contributed by atoms with Crippen LogP contribution in [0.1, 0.15) is 21.6 Å². The molecule has 0 aliphatic heterocycles. The number of aryl methyl sites for hydroxylation is 3. The van der Waals surface area contributed by atoms with Gasteiger partial charge in [0.15, 0.2) is 0 Å². The van der Waals surface area contributed by atoms with Gasteiger partial charge >= 0.3 is 0 Å². The number of nitrogens with zero attached hydrogens (tertiary/aromatic N) is 3. The average molecular weight is 354 g/mol. The summed E-state index contributed by atoms with van der Waals surface area (Å²) in [6, 6.07) is 7.76. The van der Waals surface area contributed by atoms with Crippen molar-refractivity contribution in [2.24, 2.45) is 5.10 Å². The van der Waals surface area contributed by atoms with E-state index in [4.69, 9.17) is 0 Å². The predicted molar refractivity (Wildman–Crippen MR) is 100 cm³/mol. The van der Waals surface area contributed by atoms with Crippen molar-refractivity contribution in [2.75, 3.05) is 0 Å². The Morgan fingerprint density at radius 2 is 2.00 bits per heavy atom. The van der Waals surface area contributed by atoms with E-state index in [1.807, 2.05) is 45.0 Å². The van der Waals surface area contributed by atoms with Gasteiger partial charge in [-0.2, -0.15) is 5.10 Å². The highest BCUT2D eigenvalue weighted by Crippen LogP contribution is 2.25. The van der Waals surface area contributed by atoms with Crippen LogP contribution in [0.5, 0.6) is 0 Å². The van der Waals surface area contributed by atoms with E-state index in [0.29, 0.717) is 10.2 Å². The molecule has 7 heteroatoms. The summed E-state index contributed by atoms with van der Waals surface area (Å²) in [6.45, 7) is 5.73. The zero-order chi connectivity index (χ0) is 18.0. The molecule has 0 saturated carbocycles. The van der Waals surface area contributed by atoms with Crippen molar-refractivity contribution < 1.29 is 4.79 Å². The van der Waals surface area contributed by atoms with Crippen molar-refractivity contribution in [2.45, 2.75) is 27.3 Å². The van der Waals surface area contributed by atoms with Crippen LogP contribution in [0, 0.1) is 20.8 Å². The molecule has 1 N–H and O–H groups in total. The van der Waals surface area contributed by atoms with Gasteiger partial charge in [0.1, 0.15) is 11.4 Å². The third-order valence-electron chi connectivity index (χ3n) is 3.95. The fraction of sp³-hybridized carbons (Fsp3) is 0.222. The molecule has 2 heterocycles. The van der Waals surface area contributed by atoms with Gasteiger partial charge < -0.3 is 0 Å². The molecule has 0 radical (unpaired) electrons. The molecule has 2 aromatic heterocycles. The van der Waals surface area contributed by atoms with Crippen LogP contribution in [0.15, 0.2) is 40.5 Å². The van der Waals surface area contributed by atoms with E-state index >= 15 is 0 Å². The molecule has 0 atom stereocenters. The zero-order valence-electron chi connectivity index (χ0n) is 14.2. The third kappa shape index (κ3) is 3.66. The standard InChI is InChI=1S/C18H18N4O2S/c1-11-4-6-14(7-5-11)8-20-21-15(23)9-22-10-19-17-16(18(22)24)12(2)13(3)25-17/h4-8,10H,9H2,1-3H3,(H,21,23)/b20-8-. The van der Waals surface area contributed by atoms with E-state index in [2.05, 4.69) is 15.5 Å². The maximum Gasteiger partial charge on any atom is 0.262 e. The van der Waals surface area contributed by atoms with Crippen LogP contribution >= 0.6 is 11.3 Å². The quantitative estimate of drug-likeness (QED) is 0.578. The number of aromatic nitrogens is 2. The largest absolute Gasteiger partial charge is 0.289 e. The lowest BCUT2D eigenvalue weighted by Crippen LogP contribution is -2.30. The van der Waals surface area contributed by atoms with Gasteiger partial charge in [-0.15, -0.1) is 11.3 Å². The van der Waals surface area contributed by atoms with Gasteiger partial charge in [0.2, 0.25) is 0 Å². The first-order valence-electron chi connectivity index (χ1n) is 7.79. The van der Waals surface area contributed by atoms with Gasteiger partial charge in [0, 0.05) is 4.88 Å². The molecule has 128 valence electrons. The highest BCUT2D eigenvalue weighted by Gasteiger charge is 2.13. The summed E-state index contributed by atoms with van der Waals surface area (Å²) >= 11 is 1.48. The van der Waals surface area contributed by atoms with Gasteiger partial charge in [-0.1, -0.05) is 29.8 Å². The Bertz CT molecular complexity index is 1020. The van der Waals surface area contributed by atoms with Gasteiger partial charge in [-0.05, 0) is 31.9 Å². The Labute approximate surface area is 148 Å². The SMILES string of the molecule is Cc1ccc(/C=N\NC(=O)Cn2cnc3sc(C)c(C)c3c2=O)cc1. The topological polar surface area (TPSA) is 76.3 Å². The Balaban J connectivity index is 1.71. The number of nitrogens with one attached hydrogen (secondary N) is 1. The maximum atomic E-state index is 12.5. The summed E-state index contributed by atoms with van der Waals surface area (Å²) in [6.07, 6.45) is 2.97. The molecule has 3 aromatic rings. The minimum atomic E-state index is -0.379. The van der Waals surface area contributed by atoms with Crippen LogP contribution in [0.2, 0.25) is 0 Å². The summed E-state index contributed by atoms with van der Waals surface area (Å²) in [5.41, 5.74) is 5.19. The molecule has 1 aromatic carbocycles. The Kier molecular flexibility index (Phi) is 4.76. The predicted octanol–water partition coefficient (Wildman–Crippen LogP) is 2.53. The fourth-order valence-electron chi connectivity index (χ4n) is 2.40. The number of hydrogen-bond acceptors (Lipinski definition) is 5. The lowest BCUT2D eigenvalue weighted by molar-refractivity contribution is -0.121. The van der Waals surface area contributed by atoms with Crippen molar-refractivity contribution in [3.63, 3.8) is 0 Å². The van der Waals surface area contributed by atoms with E-state index in [9.17, 15) is 9.59 Å². The monoisotopic (exact) mass is 354 g/mol. The van der Waals surface area contributed by atoms with E-state index < -0.39 is 0 Å². The molecular formula is C18H18N4O2S. The van der Waals surface area contributed by atoms with Crippen molar-refractivity contribution in [3.8, 4) is 0 Å². The Hall–Kier alpha value is -2.80. The summed E-state index contributed by atoms with van der Waals surface area (Å²) < 4.78 is 1.30. The van der Waals surface area contributed by atoms with Crippen molar-refractivity contribution in [3.05, 3.63) is 62.5 Å². The molecule has 0 fully saturated rings. The molecule has 0 aliphatic carbocycles. The number of benzene rings is 1. The molecule has 0 unspecified atom stereocenters. The number of carbonyl (C=O) groups is 1. The normalized spacial score (nSPS) is 11.3. The minimum Gasteiger partial charge on any atom is -0.289 e. The lowest BCUT2D eigenvalue weighted by Gasteiger charge is -2.04. The van der Waals surface area contributed by atoms with E-state index in [0.717, 1.165) is 21.6 Å². The average Bonchev–Trinajstić information content (AvgIpc) is 2.87. The van der Waals surface area contributed by atoms with Crippen LogP contribution in [-0.4, -0.2) is 21.7 Å². The van der Waals surface area contributed by atoms with Gasteiger partial charge in [0.25, 0.3) is 11.5 Å². The van der Waals surface area contributed by atoms with Crippen LogP contribution in [0.4, 0.5) is 0 Å². The summed E-state index contributed by atoms with van der Waals surface area (Å²) in [7, 11) is 0. The highest BCUT2D eigenvalue weighted by atomic mass is 32.1. The smallest absolute Gasteiger partial charge is 0.262 e. The third-order valence-corrected chi connectivity index (χ3v) is 5.07. The first-order valence-corrected chi connectivity index (χ1v) is 8.61. The highest BCUT2D eigenvalue weighted by molar-refractivity contribution is 7.18. The molecule has 0 spiro atoms. The number of amides is 1. The number of carbonyl (C=O) groups excluding carboxylic acids is 1. The number of hydrazone groups is 1. The second-order valence-electron chi connectivity index (χ2n) is 5.84. The van der Waals surface area contributed by atoms with Crippen molar-refractivity contribution in [1.82, 2.24) is 15.0 Å². The molecule has 3 rings (SSSR count). The number of fused-ring (bicyclic) bond motifs is 1. The van der Waals surface area contributed by atoms with Gasteiger partial charge in [-0.3, -0.25) is 14.2 Å². The Morgan fingerprint density at radius 3 is 2.72 bits per heavy atom. The zero-order valence-corrected chi connectivity index (χ0v) is 15.1. The molecule has 6 nitrogen and oxygen atoms in total. The second kappa shape index (κ2) is 6.98. The number of thiophene rings is 1. The first kappa shape index (κ1) is 17.0. The summed E-state index contributed by atoms with van der Waals surface area (Å²) in [4.78, 5) is 30.6. The molecular weight excluding hydrogens is 336 g/mol. The Morgan fingerprint density at radius 1 is 1.28 bits per heavy atom. The maximum absolute atomic E-state index is 12.5. The van der Waals surface area contributed by atoms with Crippen LogP contribution in [0.3, 0.4) is 0 Å². The first-order chi connectivity index (χ1) is 12.0. The van der Waals surface area contributed by atoms with Crippen LogP contribution < -0.4 is 11.0 Å². The molecule has 0 bridgehead atoms. The fourth-order valence-corrected chi connectivity index (χ4v) is 3.39. The van der Waals surface area contributed by atoms with Crippen LogP contribution in [-0.2, 0) is 11.3 Å². The van der Waals surface area contributed by atoms with Crippen molar-refractivity contribution >= 4 is 33.7 Å². The van der Waals surface area contributed by atoms with Gasteiger partial charge in [-0.25, -0.2) is 10.4 Å².